The molecule has 0 radical (unpaired) electrons. The summed E-state index contributed by atoms with van der Waals surface area (Å²) in [5, 5.41) is 17.3. The van der Waals surface area contributed by atoms with Gasteiger partial charge in [0.05, 0.1) is 22.1 Å². The summed E-state index contributed by atoms with van der Waals surface area (Å²) in [6, 6.07) is 145. The summed E-state index contributed by atoms with van der Waals surface area (Å²) >= 11 is 3.73. The fourth-order valence-electron chi connectivity index (χ4n) is 17.6. The van der Waals surface area contributed by atoms with Crippen molar-refractivity contribution in [2.24, 2.45) is 0 Å². The second-order valence-corrected chi connectivity index (χ2v) is 31.6. The molecule has 0 unspecified atom stereocenters. The van der Waals surface area contributed by atoms with E-state index in [0.717, 1.165) is 106 Å². The Morgan fingerprint density at radius 1 is 0.193 bits per heavy atom. The minimum atomic E-state index is 0.867. The van der Waals surface area contributed by atoms with Crippen LogP contribution < -0.4 is 9.80 Å². The van der Waals surface area contributed by atoms with Crippen molar-refractivity contribution < 1.29 is 8.83 Å². The molecule has 6 aromatic heterocycles. The maximum Gasteiger partial charge on any atom is 0.137 e. The normalized spacial score (nSPS) is 11.9. The first-order valence-electron chi connectivity index (χ1n) is 38.7. The Labute approximate surface area is 663 Å². The molecule has 0 aliphatic rings. The number of hydrogen-bond donors (Lipinski definition) is 0. The van der Waals surface area contributed by atoms with E-state index in [0.29, 0.717) is 0 Å². The third-order valence-electron chi connectivity index (χ3n) is 23.0. The summed E-state index contributed by atoms with van der Waals surface area (Å²) in [6.45, 7) is 0. The zero-order valence-electron chi connectivity index (χ0n) is 61.5. The van der Waals surface area contributed by atoms with E-state index in [1.54, 1.807) is 0 Å². The third kappa shape index (κ3) is 10.9. The standard InChI is InChI=1S/C54H34N2O2.C52H32N2S2/c1-2-10-35(11-3-1)36-18-23-39(24-19-36)55(41-27-29-46-44-13-5-8-16-51(44)57-53(46)33-41)40-25-20-37(21-26-40)38-22-31-50-48(32-38)43-12-4-7-15-49(43)56(50)42-28-30-47-45-14-6-9-17-52(45)58-54(47)34-42;1-2-11-36(12-3-1)53(38-24-26-43-41-14-6-8-16-48(41)55-50(43)31-38)37-22-18-33(19-23-37)35-21-28-46-45(30-35)52-40-13-5-4-10-34(40)20-29-47(52)54(46)39-25-27-44-42-15-7-9-17-49(42)56-51(44)32-39/h1-34H;1-32H. The van der Waals surface area contributed by atoms with Crippen molar-refractivity contribution >= 4 is 195 Å². The maximum atomic E-state index is 6.36. The van der Waals surface area contributed by atoms with E-state index in [-0.39, 0.29) is 0 Å². The Balaban J connectivity index is 0.000000135. The lowest BCUT2D eigenvalue weighted by atomic mass is 10.00. The summed E-state index contributed by atoms with van der Waals surface area (Å²) < 4.78 is 22.7. The molecule has 18 aromatic carbocycles. The molecule has 0 fully saturated rings. The van der Waals surface area contributed by atoms with Gasteiger partial charge in [0.25, 0.3) is 0 Å². The lowest BCUT2D eigenvalue weighted by Gasteiger charge is -2.26. The van der Waals surface area contributed by atoms with Crippen molar-refractivity contribution in [1.82, 2.24) is 9.13 Å². The molecule has 8 heteroatoms. The average Bonchev–Trinajstić information content (AvgIpc) is 1.57. The second-order valence-electron chi connectivity index (χ2n) is 29.5. The number of benzene rings is 18. The number of fused-ring (bicyclic) bond motifs is 20. The SMILES string of the molecule is c1ccc(-c2ccc(N(c3ccc(-c4ccc5c(c4)c4ccccc4n5-c4ccc5c(c4)oc4ccccc45)cc3)c3ccc4c(c3)oc3ccccc34)cc2)cc1.c1ccc(N(c2ccc(-c3ccc4c(c3)c3c5ccccc5ccc3n4-c3ccc4c(c3)sc3ccccc34)cc2)c2ccc3c(c2)sc2ccccc23)cc1. The molecule has 24 rings (SSSR count). The Morgan fingerprint density at radius 3 is 1.19 bits per heavy atom. The first-order chi connectivity index (χ1) is 56.5. The number of rotatable bonds is 11. The molecule has 0 amide bonds. The zero-order valence-corrected chi connectivity index (χ0v) is 63.2. The fourth-order valence-corrected chi connectivity index (χ4v) is 19.9. The second kappa shape index (κ2) is 26.6. The summed E-state index contributed by atoms with van der Waals surface area (Å²) in [5.74, 6) is 0. The Hall–Kier alpha value is -14.5. The number of aromatic nitrogens is 2. The van der Waals surface area contributed by atoms with E-state index in [1.165, 1.54) is 112 Å². The molecule has 0 spiro atoms. The van der Waals surface area contributed by atoms with E-state index in [1.807, 2.05) is 46.9 Å². The molecule has 114 heavy (non-hydrogen) atoms. The quantitative estimate of drug-likeness (QED) is 0.129. The van der Waals surface area contributed by atoms with Gasteiger partial charge in [0.2, 0.25) is 0 Å². The Morgan fingerprint density at radius 2 is 0.570 bits per heavy atom. The lowest BCUT2D eigenvalue weighted by Crippen LogP contribution is -2.09. The van der Waals surface area contributed by atoms with Gasteiger partial charge in [-0.15, -0.1) is 22.7 Å². The minimum absolute atomic E-state index is 0.867. The van der Waals surface area contributed by atoms with Crippen molar-refractivity contribution in [2.45, 2.75) is 0 Å². The van der Waals surface area contributed by atoms with Crippen molar-refractivity contribution in [2.75, 3.05) is 9.80 Å². The fraction of sp³-hybridized carbons (Fsp3) is 0. The molecular weight excluding hydrogens is 1430 g/mol. The van der Waals surface area contributed by atoms with Crippen LogP contribution in [0.4, 0.5) is 34.1 Å². The molecule has 0 saturated carbocycles. The van der Waals surface area contributed by atoms with Gasteiger partial charge in [-0.05, 0) is 202 Å². The molecule has 534 valence electrons. The Kier molecular flexibility index (Phi) is 15.3. The highest BCUT2D eigenvalue weighted by molar-refractivity contribution is 7.26. The van der Waals surface area contributed by atoms with Gasteiger partial charge in [-0.2, -0.15) is 0 Å². The smallest absolute Gasteiger partial charge is 0.137 e. The van der Waals surface area contributed by atoms with Crippen molar-refractivity contribution in [3.8, 4) is 44.8 Å². The van der Waals surface area contributed by atoms with E-state index in [9.17, 15) is 0 Å². The van der Waals surface area contributed by atoms with E-state index < -0.39 is 0 Å². The van der Waals surface area contributed by atoms with Gasteiger partial charge >= 0.3 is 0 Å². The number of hydrogen-bond acceptors (Lipinski definition) is 6. The van der Waals surface area contributed by atoms with Gasteiger partial charge in [0, 0.05) is 141 Å². The van der Waals surface area contributed by atoms with Gasteiger partial charge < -0.3 is 27.8 Å². The van der Waals surface area contributed by atoms with Crippen molar-refractivity contribution in [1.29, 1.82) is 0 Å². The summed E-state index contributed by atoms with van der Waals surface area (Å²) in [6.07, 6.45) is 0. The van der Waals surface area contributed by atoms with Gasteiger partial charge in [-0.1, -0.05) is 231 Å². The number of anilines is 6. The molecule has 0 aliphatic heterocycles. The molecule has 0 aliphatic carbocycles. The van der Waals surface area contributed by atoms with Gasteiger partial charge in [0.1, 0.15) is 22.3 Å². The van der Waals surface area contributed by atoms with Crippen LogP contribution >= 0.6 is 22.7 Å². The highest BCUT2D eigenvalue weighted by atomic mass is 32.1. The monoisotopic (exact) mass is 1490 g/mol. The number of nitrogens with zero attached hydrogens (tertiary/aromatic N) is 4. The molecule has 24 aromatic rings. The zero-order chi connectivity index (χ0) is 74.9. The van der Waals surface area contributed by atoms with E-state index in [4.69, 9.17) is 8.83 Å². The molecule has 6 nitrogen and oxygen atoms in total. The van der Waals surface area contributed by atoms with E-state index in [2.05, 4.69) is 395 Å². The summed E-state index contributed by atoms with van der Waals surface area (Å²) in [4.78, 5) is 4.67. The van der Waals surface area contributed by atoms with Gasteiger partial charge in [-0.3, -0.25) is 0 Å². The van der Waals surface area contributed by atoms with Crippen molar-refractivity contribution in [3.05, 3.63) is 400 Å². The van der Waals surface area contributed by atoms with Crippen LogP contribution in [0.2, 0.25) is 0 Å². The van der Waals surface area contributed by atoms with Crippen LogP contribution in [0.5, 0.6) is 0 Å². The average molecular weight is 1490 g/mol. The topological polar surface area (TPSA) is 42.6 Å². The molecule has 0 N–H and O–H groups in total. The van der Waals surface area contributed by atoms with Crippen LogP contribution in [-0.2, 0) is 0 Å². The predicted molar refractivity (Wildman–Crippen MR) is 485 cm³/mol. The first-order valence-corrected chi connectivity index (χ1v) is 40.3. The van der Waals surface area contributed by atoms with Crippen molar-refractivity contribution in [3.63, 3.8) is 0 Å². The largest absolute Gasteiger partial charge is 0.456 e. The number of para-hydroxylation sites is 4. The van der Waals surface area contributed by atoms with Crippen LogP contribution in [0.3, 0.4) is 0 Å². The minimum Gasteiger partial charge on any atom is -0.456 e. The molecule has 0 saturated heterocycles. The van der Waals surface area contributed by atoms with Gasteiger partial charge in [0.15, 0.2) is 0 Å². The predicted octanol–water partition coefficient (Wildman–Crippen LogP) is 31.2. The number of thiophene rings is 2. The molecule has 0 atom stereocenters. The highest BCUT2D eigenvalue weighted by Gasteiger charge is 2.23. The summed E-state index contributed by atoms with van der Waals surface area (Å²) in [7, 11) is 0. The van der Waals surface area contributed by atoms with Crippen LogP contribution in [0, 0.1) is 0 Å². The summed E-state index contributed by atoms with van der Waals surface area (Å²) in [5.41, 5.74) is 24.2. The molecular formula is C106H66N4O2S2. The highest BCUT2D eigenvalue weighted by Crippen LogP contribution is 2.47. The Bertz CT molecular complexity index is 7920. The maximum absolute atomic E-state index is 6.36. The third-order valence-corrected chi connectivity index (χ3v) is 25.2. The molecule has 6 heterocycles. The van der Waals surface area contributed by atoms with Crippen LogP contribution in [0.15, 0.2) is 409 Å². The molecule has 0 bridgehead atoms. The lowest BCUT2D eigenvalue weighted by molar-refractivity contribution is 0.668. The van der Waals surface area contributed by atoms with Crippen LogP contribution in [0.1, 0.15) is 0 Å². The van der Waals surface area contributed by atoms with E-state index >= 15 is 0 Å². The van der Waals surface area contributed by atoms with Gasteiger partial charge in [-0.25, -0.2) is 0 Å². The number of furan rings is 2. The van der Waals surface area contributed by atoms with Crippen LogP contribution in [0.25, 0.3) is 183 Å². The van der Waals surface area contributed by atoms with Crippen LogP contribution in [-0.4, -0.2) is 9.13 Å². The first kappa shape index (κ1) is 65.4.